The van der Waals surface area contributed by atoms with E-state index in [1.165, 1.54) is 16.7 Å². The smallest absolute Gasteiger partial charge is 0.354 e. The topological polar surface area (TPSA) is 44.4 Å². The van der Waals surface area contributed by atoms with Crippen molar-refractivity contribution in [1.82, 2.24) is 15.5 Å². The van der Waals surface area contributed by atoms with E-state index in [0.29, 0.717) is 37.0 Å². The van der Waals surface area contributed by atoms with Gasteiger partial charge in [-0.3, -0.25) is 9.69 Å². The zero-order valence-electron chi connectivity index (χ0n) is 14.0. The molecule has 4 nitrogen and oxygen atoms in total. The third kappa shape index (κ3) is 7.52. The van der Waals surface area contributed by atoms with Gasteiger partial charge in [0.1, 0.15) is 6.04 Å². The van der Waals surface area contributed by atoms with E-state index in [0.717, 1.165) is 4.90 Å². The van der Waals surface area contributed by atoms with Gasteiger partial charge in [-0.1, -0.05) is 23.7 Å². The maximum absolute atomic E-state index is 13.2. The lowest BCUT2D eigenvalue weighted by Gasteiger charge is -2.35. The summed E-state index contributed by atoms with van der Waals surface area (Å²) in [6, 6.07) is 5.61. The molecule has 0 aromatic heterocycles. The van der Waals surface area contributed by atoms with Gasteiger partial charge in [0.25, 0.3) is 0 Å². The third-order valence-corrected chi connectivity index (χ3v) is 5.40. The van der Waals surface area contributed by atoms with Crippen LogP contribution in [-0.2, 0) is 4.79 Å². The van der Waals surface area contributed by atoms with E-state index in [4.69, 9.17) is 11.6 Å². The average Bonchev–Trinajstić information content (AvgIpc) is 2.56. The van der Waals surface area contributed by atoms with Crippen LogP contribution in [0, 0.1) is 0 Å². The van der Waals surface area contributed by atoms with Gasteiger partial charge in [-0.05, 0) is 12.1 Å². The number of thioether (sulfide) groups is 1. The van der Waals surface area contributed by atoms with Gasteiger partial charge >= 0.3 is 6.18 Å². The Labute approximate surface area is 166 Å². The van der Waals surface area contributed by atoms with Crippen molar-refractivity contribution in [3.63, 3.8) is 0 Å². The lowest BCUT2D eigenvalue weighted by molar-refractivity contribution is -0.184. The summed E-state index contributed by atoms with van der Waals surface area (Å²) in [6.45, 7) is 1.27. The normalized spacial score (nSPS) is 16.6. The van der Waals surface area contributed by atoms with Crippen molar-refractivity contribution in [2.45, 2.75) is 23.5 Å². The van der Waals surface area contributed by atoms with E-state index >= 15 is 0 Å². The Hall–Kier alpha value is -0.670. The van der Waals surface area contributed by atoms with E-state index in [9.17, 15) is 18.0 Å². The standard InChI is InChI=1S/C16H21ClF3N3OS.ClH/c17-12-3-1-2-4-13(12)25-10-5-15(24)22-11-14(16(18,19)20)23-8-6-21-7-9-23;/h1-4,14,21H,5-11H2,(H,22,24);1H. The van der Waals surface area contributed by atoms with Crippen LogP contribution in [-0.4, -0.2) is 61.5 Å². The van der Waals surface area contributed by atoms with Crippen LogP contribution < -0.4 is 10.6 Å². The second kappa shape index (κ2) is 11.2. The first-order valence-electron chi connectivity index (χ1n) is 8.03. The third-order valence-electron chi connectivity index (χ3n) is 3.89. The maximum atomic E-state index is 13.2. The van der Waals surface area contributed by atoms with Crippen LogP contribution in [0.25, 0.3) is 0 Å². The molecule has 1 aliphatic rings. The number of nitrogens with zero attached hydrogens (tertiary/aromatic N) is 1. The number of benzene rings is 1. The summed E-state index contributed by atoms with van der Waals surface area (Å²) in [5.74, 6) is 0.0730. The van der Waals surface area contributed by atoms with Crippen molar-refractivity contribution in [3.05, 3.63) is 29.3 Å². The zero-order valence-corrected chi connectivity index (χ0v) is 16.4. The van der Waals surface area contributed by atoms with Crippen LogP contribution in [0.2, 0.25) is 5.02 Å². The molecule has 148 valence electrons. The van der Waals surface area contributed by atoms with Crippen LogP contribution >= 0.6 is 35.8 Å². The quantitative estimate of drug-likeness (QED) is 0.650. The molecule has 1 unspecified atom stereocenters. The molecule has 2 N–H and O–H groups in total. The highest BCUT2D eigenvalue weighted by Crippen LogP contribution is 2.27. The minimum Gasteiger partial charge on any atom is -0.354 e. The van der Waals surface area contributed by atoms with E-state index in [1.807, 2.05) is 18.2 Å². The van der Waals surface area contributed by atoms with Crippen molar-refractivity contribution in [1.29, 1.82) is 0 Å². The number of piperazine rings is 1. The van der Waals surface area contributed by atoms with Gasteiger partial charge in [0.05, 0.1) is 5.02 Å². The Kier molecular flexibility index (Phi) is 10.1. The predicted octanol–water partition coefficient (Wildman–Crippen LogP) is 3.20. The first-order chi connectivity index (χ1) is 11.9. The Morgan fingerprint density at radius 1 is 1.31 bits per heavy atom. The van der Waals surface area contributed by atoms with Gasteiger partial charge in [0, 0.05) is 49.8 Å². The zero-order chi connectivity index (χ0) is 18.3. The number of amides is 1. The van der Waals surface area contributed by atoms with Crippen LogP contribution in [0.3, 0.4) is 0 Å². The van der Waals surface area contributed by atoms with Crippen LogP contribution in [0.5, 0.6) is 0 Å². The molecule has 1 atom stereocenters. The summed E-state index contributed by atoms with van der Waals surface area (Å²) in [4.78, 5) is 14.1. The predicted molar refractivity (Wildman–Crippen MR) is 101 cm³/mol. The number of nitrogens with one attached hydrogen (secondary N) is 2. The van der Waals surface area contributed by atoms with Gasteiger partial charge in [-0.15, -0.1) is 24.2 Å². The molecule has 0 radical (unpaired) electrons. The summed E-state index contributed by atoms with van der Waals surface area (Å²) >= 11 is 7.43. The van der Waals surface area contributed by atoms with Gasteiger partial charge in [-0.25, -0.2) is 0 Å². The molecule has 26 heavy (non-hydrogen) atoms. The number of carbonyl (C=O) groups is 1. The molecule has 1 fully saturated rings. The van der Waals surface area contributed by atoms with E-state index in [2.05, 4.69) is 10.6 Å². The molecule has 1 aromatic rings. The summed E-state index contributed by atoms with van der Waals surface area (Å²) < 4.78 is 39.7. The molecule has 1 aromatic carbocycles. The van der Waals surface area contributed by atoms with Crippen molar-refractivity contribution in [2.24, 2.45) is 0 Å². The SMILES string of the molecule is Cl.O=C(CCSc1ccccc1Cl)NCC(N1CCNCC1)C(F)(F)F. The van der Waals surface area contributed by atoms with E-state index in [1.54, 1.807) is 6.07 Å². The molecule has 1 aliphatic heterocycles. The molecule has 1 saturated heterocycles. The summed E-state index contributed by atoms with van der Waals surface area (Å²) in [5, 5.41) is 6.04. The van der Waals surface area contributed by atoms with Gasteiger partial charge in [0.2, 0.25) is 5.91 Å². The molecular formula is C16H22Cl2F3N3OS. The van der Waals surface area contributed by atoms with E-state index < -0.39 is 18.8 Å². The molecule has 10 heteroatoms. The summed E-state index contributed by atoms with van der Waals surface area (Å²) in [7, 11) is 0. The highest BCUT2D eigenvalue weighted by molar-refractivity contribution is 7.99. The van der Waals surface area contributed by atoms with Crippen molar-refractivity contribution in [3.8, 4) is 0 Å². The first-order valence-corrected chi connectivity index (χ1v) is 9.40. The largest absolute Gasteiger partial charge is 0.405 e. The number of halogens is 5. The number of carbonyl (C=O) groups excluding carboxylic acids is 1. The maximum Gasteiger partial charge on any atom is 0.405 e. The lowest BCUT2D eigenvalue weighted by Crippen LogP contribution is -2.57. The first kappa shape index (κ1) is 23.4. The number of hydrogen-bond donors (Lipinski definition) is 2. The second-order valence-corrected chi connectivity index (χ2v) is 7.22. The summed E-state index contributed by atoms with van der Waals surface area (Å²) in [6.07, 6.45) is -4.22. The van der Waals surface area contributed by atoms with Crippen molar-refractivity contribution >= 4 is 41.7 Å². The second-order valence-electron chi connectivity index (χ2n) is 5.68. The molecule has 0 saturated carbocycles. The monoisotopic (exact) mass is 431 g/mol. The van der Waals surface area contributed by atoms with Crippen LogP contribution in [0.15, 0.2) is 29.2 Å². The highest BCUT2D eigenvalue weighted by atomic mass is 35.5. The number of hydrogen-bond acceptors (Lipinski definition) is 4. The van der Waals surface area contributed by atoms with Crippen LogP contribution in [0.1, 0.15) is 6.42 Å². The highest BCUT2D eigenvalue weighted by Gasteiger charge is 2.43. The number of rotatable bonds is 7. The van der Waals surface area contributed by atoms with Crippen molar-refractivity contribution in [2.75, 3.05) is 38.5 Å². The summed E-state index contributed by atoms with van der Waals surface area (Å²) in [5.41, 5.74) is 0. The molecule has 0 spiro atoms. The fourth-order valence-corrected chi connectivity index (χ4v) is 3.75. The van der Waals surface area contributed by atoms with Gasteiger partial charge < -0.3 is 10.6 Å². The van der Waals surface area contributed by atoms with E-state index in [-0.39, 0.29) is 24.7 Å². The Balaban J connectivity index is 0.00000338. The molecule has 1 heterocycles. The van der Waals surface area contributed by atoms with Gasteiger partial charge in [0.15, 0.2) is 0 Å². The molecular weight excluding hydrogens is 410 g/mol. The fourth-order valence-electron chi connectivity index (χ4n) is 2.56. The minimum atomic E-state index is -4.36. The van der Waals surface area contributed by atoms with Crippen molar-refractivity contribution < 1.29 is 18.0 Å². The molecule has 0 aliphatic carbocycles. The minimum absolute atomic E-state index is 0. The van der Waals surface area contributed by atoms with Gasteiger partial charge in [-0.2, -0.15) is 13.2 Å². The Morgan fingerprint density at radius 3 is 2.58 bits per heavy atom. The Bertz CT molecular complexity index is 572. The number of alkyl halides is 3. The average molecular weight is 432 g/mol. The molecule has 2 rings (SSSR count). The Morgan fingerprint density at radius 2 is 1.96 bits per heavy atom. The lowest BCUT2D eigenvalue weighted by atomic mass is 10.2. The fraction of sp³-hybridized carbons (Fsp3) is 0.562. The van der Waals surface area contributed by atoms with Crippen LogP contribution in [0.4, 0.5) is 13.2 Å². The molecule has 1 amide bonds. The molecule has 0 bridgehead atoms.